The van der Waals surface area contributed by atoms with Gasteiger partial charge in [0, 0.05) is 17.5 Å². The smallest absolute Gasteiger partial charge is 0.159 e. The molecule has 0 spiro atoms. The molecule has 6 heteroatoms. The molecule has 0 heterocycles. The standard InChI is InChI=1S/C31H29F5O/c1-2-3-4-5-6-15-37-24-18-28(34)30(29(35)19-24)23-12-13-25-22(17-23)11-10-21(31(25)36)9-7-20-8-14-26(32)27(33)16-20/h8,10-14,16-19H,2-7,9,15H2,1H3. The molecule has 0 aliphatic heterocycles. The van der Waals surface area contributed by atoms with Crippen molar-refractivity contribution in [3.8, 4) is 16.9 Å². The van der Waals surface area contributed by atoms with E-state index in [1.807, 2.05) is 0 Å². The van der Waals surface area contributed by atoms with Gasteiger partial charge in [-0.05, 0) is 59.5 Å². The summed E-state index contributed by atoms with van der Waals surface area (Å²) in [6, 6.07) is 13.8. The van der Waals surface area contributed by atoms with Crippen LogP contribution in [0.2, 0.25) is 0 Å². The quantitative estimate of drug-likeness (QED) is 0.144. The summed E-state index contributed by atoms with van der Waals surface area (Å²) < 4.78 is 77.1. The maximum atomic E-state index is 15.2. The molecule has 0 saturated heterocycles. The second-order valence-electron chi connectivity index (χ2n) is 9.25. The highest BCUT2D eigenvalue weighted by Gasteiger charge is 2.16. The van der Waals surface area contributed by atoms with Gasteiger partial charge in [-0.2, -0.15) is 0 Å². The zero-order valence-corrected chi connectivity index (χ0v) is 20.7. The Bertz CT molecular complexity index is 1360. The Hall–Kier alpha value is -3.41. The summed E-state index contributed by atoms with van der Waals surface area (Å²) in [4.78, 5) is 0. The fourth-order valence-corrected chi connectivity index (χ4v) is 4.46. The van der Waals surface area contributed by atoms with Crippen LogP contribution >= 0.6 is 0 Å². The predicted octanol–water partition coefficient (Wildman–Crippen LogP) is 9.34. The SMILES string of the molecule is CCCCCCCOc1cc(F)c(-c2ccc3c(F)c(CCc4ccc(F)c(F)c4)ccc3c2)c(F)c1. The van der Waals surface area contributed by atoms with Crippen LogP contribution in [0.4, 0.5) is 22.0 Å². The molecule has 194 valence electrons. The molecular formula is C31H29F5O. The number of ether oxygens (including phenoxy) is 1. The second kappa shape index (κ2) is 12.2. The van der Waals surface area contributed by atoms with E-state index in [1.54, 1.807) is 18.2 Å². The monoisotopic (exact) mass is 512 g/mol. The summed E-state index contributed by atoms with van der Waals surface area (Å²) >= 11 is 0. The van der Waals surface area contributed by atoms with Crippen molar-refractivity contribution in [3.63, 3.8) is 0 Å². The summed E-state index contributed by atoms with van der Waals surface area (Å²) in [5.74, 6) is -3.66. The van der Waals surface area contributed by atoms with E-state index in [9.17, 15) is 17.6 Å². The van der Waals surface area contributed by atoms with Crippen molar-refractivity contribution >= 4 is 10.8 Å². The van der Waals surface area contributed by atoms with Crippen LogP contribution in [0.5, 0.6) is 5.75 Å². The van der Waals surface area contributed by atoms with Crippen molar-refractivity contribution in [2.45, 2.75) is 51.9 Å². The molecule has 0 saturated carbocycles. The lowest BCUT2D eigenvalue weighted by Crippen LogP contribution is -2.00. The molecule has 0 radical (unpaired) electrons. The van der Waals surface area contributed by atoms with Crippen LogP contribution in [0.15, 0.2) is 60.7 Å². The van der Waals surface area contributed by atoms with Crippen molar-refractivity contribution in [1.82, 2.24) is 0 Å². The third-order valence-electron chi connectivity index (χ3n) is 6.52. The molecule has 0 bridgehead atoms. The zero-order chi connectivity index (χ0) is 26.4. The largest absolute Gasteiger partial charge is 0.493 e. The summed E-state index contributed by atoms with van der Waals surface area (Å²) in [6.07, 6.45) is 5.87. The number of benzene rings is 4. The average molecular weight is 513 g/mol. The van der Waals surface area contributed by atoms with Crippen LogP contribution in [0.1, 0.15) is 50.2 Å². The maximum absolute atomic E-state index is 15.2. The summed E-state index contributed by atoms with van der Waals surface area (Å²) in [7, 11) is 0. The maximum Gasteiger partial charge on any atom is 0.159 e. The third-order valence-corrected chi connectivity index (χ3v) is 6.52. The molecule has 4 aromatic rings. The van der Waals surface area contributed by atoms with Gasteiger partial charge in [-0.1, -0.05) is 62.9 Å². The molecule has 0 N–H and O–H groups in total. The lowest BCUT2D eigenvalue weighted by atomic mass is 9.96. The fourth-order valence-electron chi connectivity index (χ4n) is 4.46. The minimum Gasteiger partial charge on any atom is -0.493 e. The highest BCUT2D eigenvalue weighted by molar-refractivity contribution is 5.88. The van der Waals surface area contributed by atoms with Crippen LogP contribution in [-0.2, 0) is 12.8 Å². The predicted molar refractivity (Wildman–Crippen MR) is 137 cm³/mol. The fraction of sp³-hybridized carbons (Fsp3) is 0.290. The third kappa shape index (κ3) is 6.48. The van der Waals surface area contributed by atoms with E-state index in [2.05, 4.69) is 6.92 Å². The van der Waals surface area contributed by atoms with Crippen molar-refractivity contribution in [2.24, 2.45) is 0 Å². The Kier molecular flexibility index (Phi) is 8.80. The van der Waals surface area contributed by atoms with Gasteiger partial charge in [-0.15, -0.1) is 0 Å². The highest BCUT2D eigenvalue weighted by Crippen LogP contribution is 2.33. The van der Waals surface area contributed by atoms with E-state index in [1.165, 1.54) is 30.3 Å². The molecule has 1 nitrogen and oxygen atoms in total. The number of hydrogen-bond acceptors (Lipinski definition) is 1. The Morgan fingerprint density at radius 2 is 1.41 bits per heavy atom. The molecule has 0 atom stereocenters. The van der Waals surface area contributed by atoms with E-state index >= 15 is 4.39 Å². The first-order valence-electron chi connectivity index (χ1n) is 12.6. The van der Waals surface area contributed by atoms with E-state index in [0.717, 1.165) is 44.2 Å². The number of rotatable bonds is 11. The lowest BCUT2D eigenvalue weighted by Gasteiger charge is -2.12. The lowest BCUT2D eigenvalue weighted by molar-refractivity contribution is 0.301. The van der Waals surface area contributed by atoms with Gasteiger partial charge in [0.2, 0.25) is 0 Å². The van der Waals surface area contributed by atoms with Gasteiger partial charge in [-0.25, -0.2) is 22.0 Å². The Balaban J connectivity index is 1.49. The minimum atomic E-state index is -0.939. The minimum absolute atomic E-state index is 0.145. The molecule has 0 aliphatic carbocycles. The van der Waals surface area contributed by atoms with Gasteiger partial charge < -0.3 is 4.74 Å². The van der Waals surface area contributed by atoms with Crippen molar-refractivity contribution in [3.05, 3.63) is 101 Å². The summed E-state index contributed by atoms with van der Waals surface area (Å²) in [5.41, 5.74) is 1.07. The van der Waals surface area contributed by atoms with Gasteiger partial charge in [0.25, 0.3) is 0 Å². The molecule has 0 aliphatic rings. The van der Waals surface area contributed by atoms with E-state index < -0.39 is 29.1 Å². The first-order chi connectivity index (χ1) is 17.9. The van der Waals surface area contributed by atoms with Gasteiger partial charge in [-0.3, -0.25) is 0 Å². The zero-order valence-electron chi connectivity index (χ0n) is 20.7. The molecule has 0 unspecified atom stereocenters. The van der Waals surface area contributed by atoms with E-state index in [-0.39, 0.29) is 17.7 Å². The average Bonchev–Trinajstić information content (AvgIpc) is 2.87. The van der Waals surface area contributed by atoms with Crippen molar-refractivity contribution < 1.29 is 26.7 Å². The van der Waals surface area contributed by atoms with Gasteiger partial charge in [0.15, 0.2) is 11.6 Å². The molecule has 4 rings (SSSR count). The van der Waals surface area contributed by atoms with Gasteiger partial charge >= 0.3 is 0 Å². The van der Waals surface area contributed by atoms with E-state index in [4.69, 9.17) is 4.74 Å². The second-order valence-corrected chi connectivity index (χ2v) is 9.25. The Labute approximate surface area is 213 Å². The van der Waals surface area contributed by atoms with Gasteiger partial charge in [0.05, 0.1) is 12.2 Å². The van der Waals surface area contributed by atoms with Crippen LogP contribution < -0.4 is 4.74 Å². The molecule has 0 amide bonds. The number of aryl methyl sites for hydroxylation is 2. The van der Waals surface area contributed by atoms with Crippen LogP contribution in [-0.4, -0.2) is 6.61 Å². The van der Waals surface area contributed by atoms with Crippen LogP contribution in [0.25, 0.3) is 21.9 Å². The molecule has 0 aromatic heterocycles. The molecular weight excluding hydrogens is 483 g/mol. The number of fused-ring (bicyclic) bond motifs is 1. The first kappa shape index (κ1) is 26.6. The topological polar surface area (TPSA) is 9.23 Å². The van der Waals surface area contributed by atoms with Crippen molar-refractivity contribution in [1.29, 1.82) is 0 Å². The highest BCUT2D eigenvalue weighted by atomic mass is 19.2. The number of halogens is 5. The molecule has 0 fully saturated rings. The van der Waals surface area contributed by atoms with E-state index in [0.29, 0.717) is 40.5 Å². The number of unbranched alkanes of at least 4 members (excludes halogenated alkanes) is 4. The van der Waals surface area contributed by atoms with Crippen molar-refractivity contribution in [2.75, 3.05) is 6.61 Å². The Morgan fingerprint density at radius 1 is 0.649 bits per heavy atom. The first-order valence-corrected chi connectivity index (χ1v) is 12.6. The van der Waals surface area contributed by atoms with Crippen LogP contribution in [0.3, 0.4) is 0 Å². The summed E-state index contributed by atoms with van der Waals surface area (Å²) in [5, 5.41) is 0.813. The molecule has 4 aromatic carbocycles. The Morgan fingerprint density at radius 3 is 2.14 bits per heavy atom. The summed E-state index contributed by atoms with van der Waals surface area (Å²) in [6.45, 7) is 2.53. The number of hydrogen-bond donors (Lipinski definition) is 0. The normalized spacial score (nSPS) is 11.3. The molecule has 37 heavy (non-hydrogen) atoms. The van der Waals surface area contributed by atoms with Gasteiger partial charge in [0.1, 0.15) is 23.2 Å². The van der Waals surface area contributed by atoms with Crippen LogP contribution in [0, 0.1) is 29.1 Å².